The quantitative estimate of drug-likeness (QED) is 0.628. The largest absolute Gasteiger partial charge is 0.331 e. The number of fused-ring (bicyclic) bond motifs is 1. The molecule has 0 aliphatic rings. The first-order valence-electron chi connectivity index (χ1n) is 5.39. The molecule has 0 aromatic heterocycles. The molecule has 2 rings (SSSR count). The lowest BCUT2D eigenvalue weighted by molar-refractivity contribution is 0.365. The van der Waals surface area contributed by atoms with E-state index in [-0.39, 0.29) is 0 Å². The fourth-order valence-electron chi connectivity index (χ4n) is 1.69. The maximum absolute atomic E-state index is 5.21. The van der Waals surface area contributed by atoms with E-state index in [1.54, 1.807) is 5.01 Å². The molecule has 17 heavy (non-hydrogen) atoms. The first-order chi connectivity index (χ1) is 8.16. The highest BCUT2D eigenvalue weighted by atomic mass is 32.1. The van der Waals surface area contributed by atoms with Gasteiger partial charge in [-0.15, -0.1) is 0 Å². The Kier molecular flexibility index (Phi) is 3.56. The SMILES string of the molecule is CN(C)NC(=S)Nc1cccc2ccccc12. The van der Waals surface area contributed by atoms with Crippen molar-refractivity contribution in [2.45, 2.75) is 0 Å². The molecule has 0 radical (unpaired) electrons. The lowest BCUT2D eigenvalue weighted by atomic mass is 10.1. The van der Waals surface area contributed by atoms with E-state index in [0.29, 0.717) is 5.11 Å². The third-order valence-corrected chi connectivity index (χ3v) is 2.56. The molecule has 4 heteroatoms. The molecule has 0 aliphatic carbocycles. The van der Waals surface area contributed by atoms with Gasteiger partial charge in [0, 0.05) is 25.2 Å². The van der Waals surface area contributed by atoms with Gasteiger partial charge in [-0.05, 0) is 23.7 Å². The average molecular weight is 245 g/mol. The van der Waals surface area contributed by atoms with Crippen molar-refractivity contribution in [3.63, 3.8) is 0 Å². The molecule has 0 aliphatic heterocycles. The van der Waals surface area contributed by atoms with Gasteiger partial charge in [-0.2, -0.15) is 0 Å². The van der Waals surface area contributed by atoms with Crippen molar-refractivity contribution in [3.8, 4) is 0 Å². The van der Waals surface area contributed by atoms with E-state index >= 15 is 0 Å². The normalized spacial score (nSPS) is 10.5. The van der Waals surface area contributed by atoms with Crippen LogP contribution >= 0.6 is 12.2 Å². The Morgan fingerprint density at radius 1 is 1.06 bits per heavy atom. The smallest absolute Gasteiger partial charge is 0.185 e. The number of rotatable bonds is 2. The van der Waals surface area contributed by atoms with Gasteiger partial charge in [0.1, 0.15) is 0 Å². The van der Waals surface area contributed by atoms with Gasteiger partial charge in [0.15, 0.2) is 5.11 Å². The predicted molar refractivity (Wildman–Crippen MR) is 77.0 cm³/mol. The molecule has 0 bridgehead atoms. The monoisotopic (exact) mass is 245 g/mol. The van der Waals surface area contributed by atoms with E-state index in [1.807, 2.05) is 38.4 Å². The number of hydrazine groups is 1. The Balaban J connectivity index is 2.27. The highest BCUT2D eigenvalue weighted by Gasteiger charge is 2.02. The molecule has 2 N–H and O–H groups in total. The van der Waals surface area contributed by atoms with Crippen LogP contribution in [0.15, 0.2) is 42.5 Å². The fourth-order valence-corrected chi connectivity index (χ4v) is 1.98. The topological polar surface area (TPSA) is 27.3 Å². The second-order valence-electron chi connectivity index (χ2n) is 3.99. The van der Waals surface area contributed by atoms with Gasteiger partial charge in [-0.3, -0.25) is 5.43 Å². The van der Waals surface area contributed by atoms with Gasteiger partial charge in [0.25, 0.3) is 0 Å². The second-order valence-corrected chi connectivity index (χ2v) is 4.40. The molecule has 0 saturated heterocycles. The molecular weight excluding hydrogens is 230 g/mol. The zero-order valence-electron chi connectivity index (χ0n) is 9.90. The Morgan fingerprint density at radius 2 is 1.76 bits per heavy atom. The third kappa shape index (κ3) is 2.93. The third-order valence-electron chi connectivity index (χ3n) is 2.36. The zero-order valence-corrected chi connectivity index (χ0v) is 10.7. The van der Waals surface area contributed by atoms with Gasteiger partial charge in [-0.1, -0.05) is 36.4 Å². The van der Waals surface area contributed by atoms with Crippen LogP contribution < -0.4 is 10.7 Å². The Morgan fingerprint density at radius 3 is 2.53 bits per heavy atom. The van der Waals surface area contributed by atoms with E-state index < -0.39 is 0 Å². The summed E-state index contributed by atoms with van der Waals surface area (Å²) in [5, 5.41) is 7.95. The van der Waals surface area contributed by atoms with Crippen LogP contribution in [0, 0.1) is 0 Å². The maximum atomic E-state index is 5.21. The Hall–Kier alpha value is -1.65. The van der Waals surface area contributed by atoms with Gasteiger partial charge in [0.2, 0.25) is 0 Å². The number of hydrogen-bond donors (Lipinski definition) is 2. The van der Waals surface area contributed by atoms with Gasteiger partial charge < -0.3 is 5.32 Å². The molecule has 0 unspecified atom stereocenters. The number of hydrogen-bond acceptors (Lipinski definition) is 2. The van der Waals surface area contributed by atoms with E-state index in [2.05, 4.69) is 28.9 Å². The summed E-state index contributed by atoms with van der Waals surface area (Å²) < 4.78 is 0. The minimum Gasteiger partial charge on any atom is -0.331 e. The van der Waals surface area contributed by atoms with Crippen molar-refractivity contribution < 1.29 is 0 Å². The van der Waals surface area contributed by atoms with E-state index in [1.165, 1.54) is 5.39 Å². The van der Waals surface area contributed by atoms with Crippen molar-refractivity contribution >= 4 is 33.8 Å². The molecule has 0 heterocycles. The Labute approximate surface area is 106 Å². The van der Waals surface area contributed by atoms with Crippen LogP contribution in [0.2, 0.25) is 0 Å². The summed E-state index contributed by atoms with van der Waals surface area (Å²) in [5.74, 6) is 0. The van der Waals surface area contributed by atoms with Crippen LogP contribution in [0.3, 0.4) is 0 Å². The summed E-state index contributed by atoms with van der Waals surface area (Å²) in [6.45, 7) is 0. The van der Waals surface area contributed by atoms with Gasteiger partial charge in [0.05, 0.1) is 0 Å². The minimum atomic E-state index is 0.589. The van der Waals surface area contributed by atoms with Crippen molar-refractivity contribution in [2.75, 3.05) is 19.4 Å². The molecule has 0 amide bonds. The highest BCUT2D eigenvalue weighted by Crippen LogP contribution is 2.22. The van der Waals surface area contributed by atoms with E-state index in [4.69, 9.17) is 12.2 Å². The number of nitrogens with one attached hydrogen (secondary N) is 2. The van der Waals surface area contributed by atoms with Crippen molar-refractivity contribution in [1.82, 2.24) is 10.4 Å². The lowest BCUT2D eigenvalue weighted by Gasteiger charge is -2.16. The van der Waals surface area contributed by atoms with Gasteiger partial charge in [-0.25, -0.2) is 5.01 Å². The molecule has 0 fully saturated rings. The summed E-state index contributed by atoms with van der Waals surface area (Å²) in [7, 11) is 3.80. The molecule has 0 saturated carbocycles. The molecule has 3 nitrogen and oxygen atoms in total. The summed E-state index contributed by atoms with van der Waals surface area (Å²) in [4.78, 5) is 0. The van der Waals surface area contributed by atoms with Crippen LogP contribution in [-0.4, -0.2) is 24.2 Å². The van der Waals surface area contributed by atoms with Crippen LogP contribution in [0.25, 0.3) is 10.8 Å². The summed E-state index contributed by atoms with van der Waals surface area (Å²) in [6.07, 6.45) is 0. The van der Waals surface area contributed by atoms with Crippen LogP contribution in [-0.2, 0) is 0 Å². The number of nitrogens with zero attached hydrogens (tertiary/aromatic N) is 1. The number of thiocarbonyl (C=S) groups is 1. The van der Waals surface area contributed by atoms with Crippen LogP contribution in [0.4, 0.5) is 5.69 Å². The average Bonchev–Trinajstić information content (AvgIpc) is 2.28. The van der Waals surface area contributed by atoms with Crippen molar-refractivity contribution in [3.05, 3.63) is 42.5 Å². The fraction of sp³-hybridized carbons (Fsp3) is 0.154. The van der Waals surface area contributed by atoms with Crippen molar-refractivity contribution in [2.24, 2.45) is 0 Å². The predicted octanol–water partition coefficient (Wildman–Crippen LogP) is 2.60. The summed E-state index contributed by atoms with van der Waals surface area (Å²) in [5.41, 5.74) is 4.03. The standard InChI is InChI=1S/C13H15N3S/c1-16(2)15-13(17)14-12-9-5-7-10-6-3-4-8-11(10)12/h3-9H,1-2H3,(H2,14,15,17). The number of anilines is 1. The maximum Gasteiger partial charge on any atom is 0.185 e. The van der Waals surface area contributed by atoms with Crippen molar-refractivity contribution in [1.29, 1.82) is 0 Å². The summed E-state index contributed by atoms with van der Waals surface area (Å²) >= 11 is 5.21. The highest BCUT2D eigenvalue weighted by molar-refractivity contribution is 7.80. The van der Waals surface area contributed by atoms with E-state index in [9.17, 15) is 0 Å². The minimum absolute atomic E-state index is 0.589. The second kappa shape index (κ2) is 5.12. The molecule has 0 spiro atoms. The first-order valence-corrected chi connectivity index (χ1v) is 5.80. The molecule has 0 atom stereocenters. The Bertz CT molecular complexity index is 532. The number of benzene rings is 2. The van der Waals surface area contributed by atoms with Crippen LogP contribution in [0.5, 0.6) is 0 Å². The molecule has 88 valence electrons. The van der Waals surface area contributed by atoms with E-state index in [0.717, 1.165) is 11.1 Å². The summed E-state index contributed by atoms with van der Waals surface area (Å²) in [6, 6.07) is 14.3. The zero-order chi connectivity index (χ0) is 12.3. The van der Waals surface area contributed by atoms with Gasteiger partial charge >= 0.3 is 0 Å². The molecular formula is C13H15N3S. The molecule has 2 aromatic rings. The lowest BCUT2D eigenvalue weighted by Crippen LogP contribution is -2.39. The molecule has 2 aromatic carbocycles. The first kappa shape index (κ1) is 11.8. The van der Waals surface area contributed by atoms with Crippen LogP contribution in [0.1, 0.15) is 0 Å².